The third kappa shape index (κ3) is 21.8. The van der Waals surface area contributed by atoms with Crippen molar-refractivity contribution in [3.05, 3.63) is 0 Å². The van der Waals surface area contributed by atoms with Gasteiger partial charge in [-0.3, -0.25) is 9.59 Å². The maximum absolute atomic E-state index is 9.98. The van der Waals surface area contributed by atoms with Crippen LogP contribution >= 0.6 is 23.5 Å². The van der Waals surface area contributed by atoms with Gasteiger partial charge in [-0.05, 0) is 0 Å². The van der Waals surface area contributed by atoms with Crippen LogP contribution in [0, 0.1) is 0 Å². The van der Waals surface area contributed by atoms with Crippen LogP contribution in [0.4, 0.5) is 0 Å². The standard InChI is InChI=1S/2C5H9NO4S.Ca/c2*6-3(5(9)10)1-11-2-4(7)8;/h2*3H,1-2,6H2,(H,7,8)(H,9,10);/q;;+2/p-2/t2*3-;/m11./s1. The van der Waals surface area contributed by atoms with Crippen LogP contribution in [0.15, 0.2) is 0 Å². The normalized spacial score (nSPS) is 11.9. The second kappa shape index (κ2) is 16.6. The van der Waals surface area contributed by atoms with Crippen molar-refractivity contribution in [3.8, 4) is 0 Å². The molecule has 0 spiro atoms. The molecule has 0 aromatic carbocycles. The number of carboxylic acids is 4. The van der Waals surface area contributed by atoms with E-state index < -0.39 is 36.0 Å². The van der Waals surface area contributed by atoms with Crippen molar-refractivity contribution in [1.82, 2.24) is 0 Å². The minimum atomic E-state index is -1.36. The number of hydrogen-bond donors (Lipinski definition) is 4. The Kier molecular flexibility index (Phi) is 19.9. The maximum Gasteiger partial charge on any atom is 2.00 e. The number of carbonyl (C=O) groups excluding carboxylic acids is 2. The first-order valence-electron chi connectivity index (χ1n) is 5.59. The average Bonchev–Trinajstić information content (AvgIpc) is 2.38. The molecule has 0 fully saturated rings. The fourth-order valence-corrected chi connectivity index (χ4v) is 2.05. The zero-order chi connectivity index (χ0) is 17.7. The second-order valence-electron chi connectivity index (χ2n) is 3.67. The molecule has 0 bridgehead atoms. The molecule has 13 heteroatoms. The third-order valence-electron chi connectivity index (χ3n) is 1.65. The number of rotatable bonds is 10. The third-order valence-corrected chi connectivity index (χ3v) is 3.74. The van der Waals surface area contributed by atoms with Gasteiger partial charge < -0.3 is 41.5 Å². The van der Waals surface area contributed by atoms with E-state index >= 15 is 0 Å². The first kappa shape index (κ1) is 27.6. The topological polar surface area (TPSA) is 207 Å². The van der Waals surface area contributed by atoms with Crippen molar-refractivity contribution in [2.24, 2.45) is 11.5 Å². The average molecular weight is 396 g/mol. The van der Waals surface area contributed by atoms with E-state index in [2.05, 4.69) is 0 Å². The van der Waals surface area contributed by atoms with E-state index in [4.69, 9.17) is 21.7 Å². The molecule has 0 saturated heterocycles. The summed E-state index contributed by atoms with van der Waals surface area (Å²) < 4.78 is 0. The smallest absolute Gasteiger partial charge is 0.548 e. The van der Waals surface area contributed by atoms with Gasteiger partial charge in [-0.2, -0.15) is 0 Å². The van der Waals surface area contributed by atoms with E-state index in [0.717, 1.165) is 23.5 Å². The van der Waals surface area contributed by atoms with Gasteiger partial charge in [0.25, 0.3) is 0 Å². The van der Waals surface area contributed by atoms with Crippen LogP contribution in [-0.2, 0) is 19.2 Å². The van der Waals surface area contributed by atoms with Crippen molar-refractivity contribution in [1.29, 1.82) is 0 Å². The minimum absolute atomic E-state index is 0. The summed E-state index contributed by atoms with van der Waals surface area (Å²) in [4.78, 5) is 39.8. The van der Waals surface area contributed by atoms with Crippen molar-refractivity contribution in [3.63, 3.8) is 0 Å². The number of hydrogen-bond acceptors (Lipinski definition) is 10. The van der Waals surface area contributed by atoms with Gasteiger partial charge in [0.15, 0.2) is 0 Å². The Labute approximate surface area is 170 Å². The molecule has 0 amide bonds. The molecule has 128 valence electrons. The van der Waals surface area contributed by atoms with E-state index in [0.29, 0.717) is 0 Å². The van der Waals surface area contributed by atoms with Gasteiger partial charge in [0.1, 0.15) is 0 Å². The fraction of sp³-hybridized carbons (Fsp3) is 0.600. The van der Waals surface area contributed by atoms with Gasteiger partial charge >= 0.3 is 49.7 Å². The molecule has 0 aliphatic carbocycles. The van der Waals surface area contributed by atoms with Gasteiger partial charge in [0, 0.05) is 11.5 Å². The van der Waals surface area contributed by atoms with Crippen LogP contribution in [0.5, 0.6) is 0 Å². The van der Waals surface area contributed by atoms with Crippen LogP contribution in [0.1, 0.15) is 0 Å². The van der Waals surface area contributed by atoms with Gasteiger partial charge in [0.05, 0.1) is 35.5 Å². The molecule has 0 radical (unpaired) electrons. The molecule has 0 unspecified atom stereocenters. The van der Waals surface area contributed by atoms with E-state index in [9.17, 15) is 29.4 Å². The molecular weight excluding hydrogens is 380 g/mol. The molecule has 0 aromatic rings. The number of nitrogens with two attached hydrogens (primary N) is 2. The van der Waals surface area contributed by atoms with E-state index in [1.807, 2.05) is 0 Å². The molecule has 2 atom stereocenters. The van der Waals surface area contributed by atoms with Crippen LogP contribution in [-0.4, -0.2) is 107 Å². The van der Waals surface area contributed by atoms with Crippen molar-refractivity contribution in [2.75, 3.05) is 23.0 Å². The number of thioether (sulfide) groups is 2. The van der Waals surface area contributed by atoms with Crippen LogP contribution < -0.4 is 21.7 Å². The first-order chi connectivity index (χ1) is 10.1. The van der Waals surface area contributed by atoms with Crippen LogP contribution in [0.3, 0.4) is 0 Å². The van der Waals surface area contributed by atoms with Gasteiger partial charge in [-0.15, -0.1) is 23.5 Å². The Morgan fingerprint density at radius 1 is 0.826 bits per heavy atom. The van der Waals surface area contributed by atoms with Gasteiger partial charge in [0.2, 0.25) is 0 Å². The predicted octanol–water partition coefficient (Wildman–Crippen LogP) is -4.62. The summed E-state index contributed by atoms with van der Waals surface area (Å²) in [5.74, 6) is -4.84. The van der Waals surface area contributed by atoms with E-state index in [1.54, 1.807) is 0 Å². The summed E-state index contributed by atoms with van der Waals surface area (Å²) in [5, 5.41) is 36.2. The summed E-state index contributed by atoms with van der Waals surface area (Å²) in [6, 6.07) is -2.17. The Morgan fingerprint density at radius 3 is 1.26 bits per heavy atom. The van der Waals surface area contributed by atoms with Crippen LogP contribution in [0.2, 0.25) is 0 Å². The summed E-state index contributed by atoms with van der Waals surface area (Å²) >= 11 is 1.90. The SMILES string of the molecule is N[C@H](CSCC(=O)O)C(=O)[O-].N[C@H](CSCC(=O)O)C(=O)[O-].[Ca+2]. The van der Waals surface area contributed by atoms with Gasteiger partial charge in [-0.25, -0.2) is 0 Å². The maximum atomic E-state index is 9.98. The molecule has 0 aliphatic heterocycles. The van der Waals surface area contributed by atoms with Crippen molar-refractivity contribution in [2.45, 2.75) is 12.1 Å². The number of carbonyl (C=O) groups is 4. The molecule has 0 heterocycles. The quantitative estimate of drug-likeness (QED) is 0.257. The molecular formula is C10H16CaN2O8S2. The van der Waals surface area contributed by atoms with E-state index in [1.165, 1.54) is 0 Å². The van der Waals surface area contributed by atoms with Gasteiger partial charge in [-0.1, -0.05) is 0 Å². The molecule has 0 rings (SSSR count). The molecule has 0 aromatic heterocycles. The predicted molar refractivity (Wildman–Crippen MR) is 81.6 cm³/mol. The molecule has 0 aliphatic rings. The zero-order valence-electron chi connectivity index (χ0n) is 12.0. The summed E-state index contributed by atoms with van der Waals surface area (Å²) in [6.07, 6.45) is 0. The Balaban J connectivity index is -0.000000333. The van der Waals surface area contributed by atoms with Crippen molar-refractivity contribution < 1.29 is 39.6 Å². The largest absolute Gasteiger partial charge is 2.00 e. The molecule has 0 saturated carbocycles. The molecule has 10 nitrogen and oxygen atoms in total. The molecule has 6 N–H and O–H groups in total. The van der Waals surface area contributed by atoms with Crippen molar-refractivity contribution >= 4 is 85.1 Å². The zero-order valence-corrected chi connectivity index (χ0v) is 15.8. The Morgan fingerprint density at radius 2 is 1.09 bits per heavy atom. The first-order valence-corrected chi connectivity index (χ1v) is 7.90. The Hall–Kier alpha value is -0.240. The van der Waals surface area contributed by atoms with E-state index in [-0.39, 0.29) is 60.7 Å². The second-order valence-corrected chi connectivity index (χ2v) is 5.73. The molecule has 23 heavy (non-hydrogen) atoms. The summed E-state index contributed by atoms with van der Waals surface area (Å²) in [5.41, 5.74) is 10.1. The van der Waals surface area contributed by atoms with Crippen LogP contribution in [0.25, 0.3) is 0 Å². The summed E-state index contributed by atoms with van der Waals surface area (Å²) in [7, 11) is 0. The number of carboxylic acid groups (broad SMARTS) is 4. The minimum Gasteiger partial charge on any atom is -0.548 e. The summed E-state index contributed by atoms with van der Waals surface area (Å²) in [6.45, 7) is 0. The monoisotopic (exact) mass is 396 g/mol. The number of aliphatic carboxylic acids is 4. The fourth-order valence-electron chi connectivity index (χ4n) is 0.682. The Bertz CT molecular complexity index is 363.